The molecule has 216 valence electrons. The molecule has 0 bridgehead atoms. The van der Waals surface area contributed by atoms with Crippen molar-refractivity contribution < 1.29 is 34.2 Å². The first kappa shape index (κ1) is 35.1. The van der Waals surface area contributed by atoms with Crippen LogP contribution < -0.4 is 0 Å². The van der Waals surface area contributed by atoms with E-state index in [1.165, 1.54) is 44.9 Å². The summed E-state index contributed by atoms with van der Waals surface area (Å²) in [5.74, 6) is -4.52. The van der Waals surface area contributed by atoms with Crippen molar-refractivity contribution >= 4 is 17.9 Å². The van der Waals surface area contributed by atoms with E-state index in [9.17, 15) is 29.7 Å². The van der Waals surface area contributed by atoms with Crippen molar-refractivity contribution in [2.24, 2.45) is 17.8 Å². The zero-order valence-corrected chi connectivity index (χ0v) is 24.1. The first-order chi connectivity index (χ1) is 17.7. The number of hydrogen-bond donors (Lipinski definition) is 3. The van der Waals surface area contributed by atoms with Crippen molar-refractivity contribution in [3.8, 4) is 0 Å². The maximum atomic E-state index is 11.9. The molecule has 0 saturated carbocycles. The van der Waals surface area contributed by atoms with Gasteiger partial charge in [0.2, 0.25) is 0 Å². The van der Waals surface area contributed by atoms with Crippen LogP contribution in [0.25, 0.3) is 0 Å². The number of nitrogens with zero attached hydrogens (tertiary/aromatic N) is 1. The first-order valence-electron chi connectivity index (χ1n) is 14.8. The van der Waals surface area contributed by atoms with Gasteiger partial charge in [-0.3, -0.25) is 14.4 Å². The third-order valence-electron chi connectivity index (χ3n) is 7.75. The maximum absolute atomic E-state index is 11.9. The van der Waals surface area contributed by atoms with Crippen LogP contribution in [0.3, 0.4) is 0 Å². The van der Waals surface area contributed by atoms with Gasteiger partial charge < -0.3 is 19.8 Å². The minimum absolute atomic E-state index is 0.257. The number of hydrogen-bond acceptors (Lipinski definition) is 3. The minimum Gasteiger partial charge on any atom is -0.481 e. The number of unbranched alkanes of at least 4 members (excludes halogenated alkanes) is 9. The molecule has 0 aromatic heterocycles. The molecule has 0 aromatic rings. The summed E-state index contributed by atoms with van der Waals surface area (Å²) in [5.41, 5.74) is 0. The standard InChI is InChI=1S/C30H55NO6/c1-5-9-10-11-12-13-14-15-16-17-18-19-20-21-31(22-25(6-2)28(32)33,23-26(7-3)29(34)35)24-27(8-4)30(36)37/h9-10,25-27H,5-8,11-24H2,1-4H3,(H2-,32,33,34,35,36,37)/p+1/b10-9+. The Kier molecular flexibility index (Phi) is 20.0. The predicted molar refractivity (Wildman–Crippen MR) is 150 cm³/mol. The smallest absolute Gasteiger partial charge is 0.312 e. The van der Waals surface area contributed by atoms with E-state index in [2.05, 4.69) is 19.1 Å². The number of quaternary nitrogens is 1. The number of aliphatic carboxylic acids is 3. The molecular formula is C30H56NO6+. The molecule has 0 amide bonds. The number of carbonyl (C=O) groups is 3. The normalized spacial score (nSPS) is 15.8. The lowest BCUT2D eigenvalue weighted by Gasteiger charge is -2.43. The molecule has 0 aliphatic carbocycles. The van der Waals surface area contributed by atoms with E-state index < -0.39 is 35.7 Å². The van der Waals surface area contributed by atoms with Crippen molar-refractivity contribution in [1.82, 2.24) is 0 Å². The Hall–Kier alpha value is -1.89. The molecule has 0 fully saturated rings. The van der Waals surface area contributed by atoms with E-state index in [0.717, 1.165) is 25.7 Å². The molecule has 7 heteroatoms. The maximum Gasteiger partial charge on any atom is 0.312 e. The number of allylic oxidation sites excluding steroid dienone is 2. The summed E-state index contributed by atoms with van der Waals surface area (Å²) in [6.45, 7) is 9.13. The van der Waals surface area contributed by atoms with Crippen molar-refractivity contribution in [2.45, 2.75) is 118 Å². The Morgan fingerprint density at radius 1 is 0.568 bits per heavy atom. The molecule has 0 rings (SSSR count). The van der Waals surface area contributed by atoms with E-state index in [0.29, 0.717) is 25.8 Å². The molecular weight excluding hydrogens is 470 g/mol. The van der Waals surface area contributed by atoms with Gasteiger partial charge in [0.1, 0.15) is 17.8 Å². The van der Waals surface area contributed by atoms with Crippen molar-refractivity contribution in [3.63, 3.8) is 0 Å². The Bertz CT molecular complexity index is 603. The molecule has 3 unspecified atom stereocenters. The van der Waals surface area contributed by atoms with Gasteiger partial charge in [0.15, 0.2) is 0 Å². The van der Waals surface area contributed by atoms with E-state index in [-0.39, 0.29) is 24.1 Å². The van der Waals surface area contributed by atoms with E-state index >= 15 is 0 Å². The summed E-state index contributed by atoms with van der Waals surface area (Å²) in [6, 6.07) is 0. The molecule has 37 heavy (non-hydrogen) atoms. The lowest BCUT2D eigenvalue weighted by atomic mass is 9.95. The lowest BCUT2D eigenvalue weighted by molar-refractivity contribution is -0.935. The topological polar surface area (TPSA) is 112 Å². The third kappa shape index (κ3) is 15.8. The third-order valence-corrected chi connectivity index (χ3v) is 7.75. The highest BCUT2D eigenvalue weighted by molar-refractivity contribution is 5.71. The van der Waals surface area contributed by atoms with Crippen LogP contribution in [0.5, 0.6) is 0 Å². The molecule has 0 radical (unpaired) electrons. The van der Waals surface area contributed by atoms with E-state index in [1.54, 1.807) is 0 Å². The van der Waals surface area contributed by atoms with Crippen LogP contribution in [0, 0.1) is 17.8 Å². The van der Waals surface area contributed by atoms with Gasteiger partial charge in [-0.1, -0.05) is 78.4 Å². The monoisotopic (exact) mass is 526 g/mol. The molecule has 0 spiro atoms. The fraction of sp³-hybridized carbons (Fsp3) is 0.833. The van der Waals surface area contributed by atoms with Gasteiger partial charge in [0, 0.05) is 0 Å². The summed E-state index contributed by atoms with van der Waals surface area (Å²) in [4.78, 5) is 35.8. The lowest BCUT2D eigenvalue weighted by Crippen LogP contribution is -2.58. The summed E-state index contributed by atoms with van der Waals surface area (Å²) < 4.78 is 0.257. The van der Waals surface area contributed by atoms with Crippen LogP contribution in [0.2, 0.25) is 0 Å². The minimum atomic E-state index is -0.891. The fourth-order valence-corrected chi connectivity index (χ4v) is 5.28. The second-order valence-electron chi connectivity index (χ2n) is 10.8. The fourth-order valence-electron chi connectivity index (χ4n) is 5.28. The van der Waals surface area contributed by atoms with Gasteiger partial charge in [-0.2, -0.15) is 0 Å². The van der Waals surface area contributed by atoms with E-state index in [1.807, 2.05) is 20.8 Å². The molecule has 3 atom stereocenters. The molecule has 0 aliphatic rings. The Morgan fingerprint density at radius 2 is 0.919 bits per heavy atom. The highest BCUT2D eigenvalue weighted by Crippen LogP contribution is 2.25. The Labute approximate surface area is 225 Å². The van der Waals surface area contributed by atoms with Gasteiger partial charge >= 0.3 is 17.9 Å². The second-order valence-corrected chi connectivity index (χ2v) is 10.8. The van der Waals surface area contributed by atoms with Crippen LogP contribution in [0.1, 0.15) is 118 Å². The van der Waals surface area contributed by atoms with Crippen LogP contribution in [-0.4, -0.2) is 63.9 Å². The first-order valence-corrected chi connectivity index (χ1v) is 14.8. The summed E-state index contributed by atoms with van der Waals surface area (Å²) in [5, 5.41) is 29.3. The molecule has 0 saturated heterocycles. The van der Waals surface area contributed by atoms with Crippen LogP contribution in [0.15, 0.2) is 12.2 Å². The second kappa shape index (κ2) is 21.1. The predicted octanol–water partition coefficient (Wildman–Crippen LogP) is 7.00. The Morgan fingerprint density at radius 3 is 1.24 bits per heavy atom. The van der Waals surface area contributed by atoms with Gasteiger partial charge in [-0.05, 0) is 51.4 Å². The number of carboxylic acids is 3. The van der Waals surface area contributed by atoms with Gasteiger partial charge in [0.25, 0.3) is 0 Å². The van der Waals surface area contributed by atoms with E-state index in [4.69, 9.17) is 0 Å². The Balaban J connectivity index is 5.12. The van der Waals surface area contributed by atoms with Gasteiger partial charge in [-0.25, -0.2) is 0 Å². The average Bonchev–Trinajstić information content (AvgIpc) is 2.86. The average molecular weight is 527 g/mol. The van der Waals surface area contributed by atoms with Gasteiger partial charge in [0.05, 0.1) is 26.2 Å². The van der Waals surface area contributed by atoms with Crippen molar-refractivity contribution in [2.75, 3.05) is 26.2 Å². The van der Waals surface area contributed by atoms with Gasteiger partial charge in [-0.15, -0.1) is 0 Å². The summed E-state index contributed by atoms with van der Waals surface area (Å²) in [7, 11) is 0. The van der Waals surface area contributed by atoms with Crippen LogP contribution in [-0.2, 0) is 14.4 Å². The molecule has 0 aliphatic heterocycles. The van der Waals surface area contributed by atoms with Crippen LogP contribution in [0.4, 0.5) is 0 Å². The largest absolute Gasteiger partial charge is 0.481 e. The number of carboxylic acid groups (broad SMARTS) is 3. The zero-order chi connectivity index (χ0) is 28.1. The highest BCUT2D eigenvalue weighted by Gasteiger charge is 2.40. The zero-order valence-electron chi connectivity index (χ0n) is 24.1. The highest BCUT2D eigenvalue weighted by atomic mass is 16.4. The molecule has 3 N–H and O–H groups in total. The summed E-state index contributed by atoms with van der Waals surface area (Å²) >= 11 is 0. The SMILES string of the molecule is CC/C=C/CCCCCCCCCCC[N+](CC(CC)C(=O)O)(CC(CC)C(=O)O)CC(CC)C(=O)O. The number of rotatable bonds is 25. The molecule has 7 nitrogen and oxygen atoms in total. The summed E-state index contributed by atoms with van der Waals surface area (Å²) in [6.07, 6.45) is 18.5. The van der Waals surface area contributed by atoms with Crippen molar-refractivity contribution in [1.29, 1.82) is 0 Å². The molecule has 0 aromatic carbocycles. The van der Waals surface area contributed by atoms with Crippen LogP contribution >= 0.6 is 0 Å². The van der Waals surface area contributed by atoms with Crippen molar-refractivity contribution in [3.05, 3.63) is 12.2 Å². The molecule has 0 heterocycles. The quantitative estimate of drug-likeness (QED) is 0.0670.